The highest BCUT2D eigenvalue weighted by atomic mass is 127. The van der Waals surface area contributed by atoms with Crippen LogP contribution in [0.25, 0.3) is 0 Å². The molecule has 0 aliphatic rings. The summed E-state index contributed by atoms with van der Waals surface area (Å²) < 4.78 is 5.93. The quantitative estimate of drug-likeness (QED) is 0.278. The van der Waals surface area contributed by atoms with Gasteiger partial charge in [-0.15, -0.1) is 24.0 Å². The average molecular weight is 553 g/mol. The summed E-state index contributed by atoms with van der Waals surface area (Å²) in [6, 6.07) is 11.5. The number of amides is 1. The Morgan fingerprint density at radius 2 is 1.69 bits per heavy atom. The van der Waals surface area contributed by atoms with Gasteiger partial charge in [-0.25, -0.2) is 4.98 Å². The molecular weight excluding hydrogens is 517 g/mol. The Labute approximate surface area is 209 Å². The van der Waals surface area contributed by atoms with E-state index in [-0.39, 0.29) is 36.0 Å². The number of hydrogen-bond donors (Lipinski definition) is 2. The molecule has 1 atom stereocenters. The summed E-state index contributed by atoms with van der Waals surface area (Å²) >= 11 is 0. The van der Waals surface area contributed by atoms with E-state index in [0.717, 1.165) is 17.5 Å². The molecule has 1 amide bonds. The molecule has 2 rings (SSSR count). The molecule has 0 bridgehead atoms. The number of aliphatic imine (C=N–C) groups is 1. The number of halogens is 1. The molecule has 1 unspecified atom stereocenters. The summed E-state index contributed by atoms with van der Waals surface area (Å²) in [5.41, 5.74) is 2.81. The van der Waals surface area contributed by atoms with E-state index in [0.29, 0.717) is 36.4 Å². The van der Waals surface area contributed by atoms with Crippen LogP contribution in [0.4, 0.5) is 0 Å². The first kappa shape index (κ1) is 27.7. The van der Waals surface area contributed by atoms with Crippen LogP contribution in [0, 0.1) is 5.92 Å². The normalized spacial score (nSPS) is 12.0. The summed E-state index contributed by atoms with van der Waals surface area (Å²) in [7, 11) is 5.23. The second-order valence-corrected chi connectivity index (χ2v) is 8.24. The van der Waals surface area contributed by atoms with Crippen molar-refractivity contribution in [3.05, 3.63) is 59.3 Å². The molecular formula is C24H36IN5O2. The SMILES string of the molecule is CN=C(NCc1ccc(C(=O)N(C)C)cc1)NCc1ccnc(OC(C)CC(C)C)c1.I. The molecule has 0 saturated heterocycles. The zero-order valence-corrected chi connectivity index (χ0v) is 22.2. The number of pyridine rings is 1. The predicted octanol–water partition coefficient (Wildman–Crippen LogP) is 4.08. The lowest BCUT2D eigenvalue weighted by atomic mass is 10.1. The Bertz CT molecular complexity index is 869. The van der Waals surface area contributed by atoms with Crippen molar-refractivity contribution >= 4 is 35.8 Å². The van der Waals surface area contributed by atoms with Gasteiger partial charge in [-0.3, -0.25) is 9.79 Å². The van der Waals surface area contributed by atoms with Crippen molar-refractivity contribution in [1.29, 1.82) is 0 Å². The van der Waals surface area contributed by atoms with Crippen LogP contribution in [-0.4, -0.2) is 49.0 Å². The second kappa shape index (κ2) is 13.9. The van der Waals surface area contributed by atoms with E-state index in [1.165, 1.54) is 0 Å². The first-order valence-electron chi connectivity index (χ1n) is 10.6. The highest BCUT2D eigenvalue weighted by Gasteiger charge is 2.09. The maximum absolute atomic E-state index is 12.0. The fraction of sp³-hybridized carbons (Fsp3) is 0.458. The van der Waals surface area contributed by atoms with E-state index in [4.69, 9.17) is 4.74 Å². The summed E-state index contributed by atoms with van der Waals surface area (Å²) in [5.74, 6) is 1.92. The van der Waals surface area contributed by atoms with Crippen molar-refractivity contribution in [3.63, 3.8) is 0 Å². The lowest BCUT2D eigenvalue weighted by molar-refractivity contribution is 0.0827. The number of aromatic nitrogens is 1. The highest BCUT2D eigenvalue weighted by molar-refractivity contribution is 14.0. The van der Waals surface area contributed by atoms with Crippen LogP contribution >= 0.6 is 24.0 Å². The molecule has 176 valence electrons. The third-order valence-corrected chi connectivity index (χ3v) is 4.68. The minimum atomic E-state index is -0.00344. The molecule has 0 fully saturated rings. The van der Waals surface area contributed by atoms with Gasteiger partial charge in [0.05, 0.1) is 6.10 Å². The van der Waals surface area contributed by atoms with Crippen LogP contribution in [0.5, 0.6) is 5.88 Å². The zero-order chi connectivity index (χ0) is 22.8. The number of nitrogens with one attached hydrogen (secondary N) is 2. The van der Waals surface area contributed by atoms with Gasteiger partial charge in [0.15, 0.2) is 5.96 Å². The summed E-state index contributed by atoms with van der Waals surface area (Å²) in [6.45, 7) is 7.65. The zero-order valence-electron chi connectivity index (χ0n) is 19.9. The molecule has 32 heavy (non-hydrogen) atoms. The molecule has 1 aromatic heterocycles. The number of ether oxygens (including phenoxy) is 1. The number of rotatable bonds is 9. The molecule has 0 spiro atoms. The first-order valence-corrected chi connectivity index (χ1v) is 10.6. The van der Waals surface area contributed by atoms with Crippen molar-refractivity contribution < 1.29 is 9.53 Å². The largest absolute Gasteiger partial charge is 0.475 e. The third kappa shape index (κ3) is 9.42. The van der Waals surface area contributed by atoms with Gasteiger partial charge in [0.1, 0.15) is 0 Å². The van der Waals surface area contributed by atoms with Crippen LogP contribution < -0.4 is 15.4 Å². The predicted molar refractivity (Wildman–Crippen MR) is 141 cm³/mol. The van der Waals surface area contributed by atoms with Gasteiger partial charge in [0, 0.05) is 52.1 Å². The van der Waals surface area contributed by atoms with Crippen LogP contribution in [0.2, 0.25) is 0 Å². The summed E-state index contributed by atoms with van der Waals surface area (Å²) in [4.78, 5) is 22.1. The van der Waals surface area contributed by atoms with Crippen LogP contribution in [0.3, 0.4) is 0 Å². The van der Waals surface area contributed by atoms with Crippen LogP contribution in [0.15, 0.2) is 47.6 Å². The molecule has 2 N–H and O–H groups in total. The van der Waals surface area contributed by atoms with Gasteiger partial charge in [-0.05, 0) is 48.6 Å². The Morgan fingerprint density at radius 1 is 1.06 bits per heavy atom. The second-order valence-electron chi connectivity index (χ2n) is 8.24. The van der Waals surface area contributed by atoms with Crippen LogP contribution in [0.1, 0.15) is 48.7 Å². The average Bonchev–Trinajstić information content (AvgIpc) is 2.73. The van der Waals surface area contributed by atoms with Crippen molar-refractivity contribution in [1.82, 2.24) is 20.5 Å². The number of carbonyl (C=O) groups is 1. The van der Waals surface area contributed by atoms with E-state index < -0.39 is 0 Å². The lowest BCUT2D eigenvalue weighted by Gasteiger charge is -2.16. The third-order valence-electron chi connectivity index (χ3n) is 4.68. The molecule has 7 nitrogen and oxygen atoms in total. The molecule has 0 saturated carbocycles. The van der Waals surface area contributed by atoms with E-state index in [1.54, 1.807) is 32.2 Å². The molecule has 0 aliphatic heterocycles. The van der Waals surface area contributed by atoms with Crippen molar-refractivity contribution in [3.8, 4) is 5.88 Å². The molecule has 2 aromatic rings. The molecule has 1 heterocycles. The van der Waals surface area contributed by atoms with Crippen LogP contribution in [-0.2, 0) is 13.1 Å². The van der Waals surface area contributed by atoms with E-state index in [2.05, 4.69) is 41.4 Å². The maximum atomic E-state index is 12.0. The maximum Gasteiger partial charge on any atom is 0.253 e. The lowest BCUT2D eigenvalue weighted by Crippen LogP contribution is -2.36. The number of nitrogens with zero attached hydrogens (tertiary/aromatic N) is 3. The van der Waals surface area contributed by atoms with Gasteiger partial charge < -0.3 is 20.3 Å². The van der Waals surface area contributed by atoms with Gasteiger partial charge in [-0.1, -0.05) is 26.0 Å². The van der Waals surface area contributed by atoms with Gasteiger partial charge in [-0.2, -0.15) is 0 Å². The Kier molecular flexibility index (Phi) is 12.0. The molecule has 1 aromatic carbocycles. The minimum absolute atomic E-state index is 0. The number of carbonyl (C=O) groups excluding carboxylic acids is 1. The Balaban J connectivity index is 0.00000512. The smallest absolute Gasteiger partial charge is 0.253 e. The van der Waals surface area contributed by atoms with Gasteiger partial charge in [0.25, 0.3) is 5.91 Å². The summed E-state index contributed by atoms with van der Waals surface area (Å²) in [5, 5.41) is 6.60. The van der Waals surface area contributed by atoms with E-state index >= 15 is 0 Å². The molecule has 0 aliphatic carbocycles. The fourth-order valence-corrected chi connectivity index (χ4v) is 3.16. The minimum Gasteiger partial charge on any atom is -0.475 e. The molecule has 8 heteroatoms. The standard InChI is InChI=1S/C24H35N5O2.HI/c1-17(2)13-18(3)31-22-14-20(11-12-26-22)16-28-24(25-4)27-15-19-7-9-21(10-8-19)23(30)29(5)6;/h7-12,14,17-18H,13,15-16H2,1-6H3,(H2,25,27,28);1H. The fourth-order valence-electron chi connectivity index (χ4n) is 3.16. The summed E-state index contributed by atoms with van der Waals surface area (Å²) in [6.07, 6.45) is 2.89. The first-order chi connectivity index (χ1) is 14.8. The van der Waals surface area contributed by atoms with E-state index in [9.17, 15) is 4.79 Å². The van der Waals surface area contributed by atoms with Gasteiger partial charge in [0.2, 0.25) is 5.88 Å². The van der Waals surface area contributed by atoms with Crippen molar-refractivity contribution in [2.75, 3.05) is 21.1 Å². The van der Waals surface area contributed by atoms with Crippen molar-refractivity contribution in [2.24, 2.45) is 10.9 Å². The van der Waals surface area contributed by atoms with Gasteiger partial charge >= 0.3 is 0 Å². The number of hydrogen-bond acceptors (Lipinski definition) is 4. The number of guanidine groups is 1. The van der Waals surface area contributed by atoms with Crippen molar-refractivity contribution in [2.45, 2.75) is 46.4 Å². The Hall–Kier alpha value is -2.36. The monoisotopic (exact) mass is 553 g/mol. The Morgan fingerprint density at radius 3 is 2.25 bits per heavy atom. The highest BCUT2D eigenvalue weighted by Crippen LogP contribution is 2.15. The topological polar surface area (TPSA) is 78.9 Å². The number of benzene rings is 1. The molecule has 0 radical (unpaired) electrons. The van der Waals surface area contributed by atoms with E-state index in [1.807, 2.05) is 36.4 Å².